The predicted octanol–water partition coefficient (Wildman–Crippen LogP) is 1.24. The Labute approximate surface area is 128 Å². The molecular formula is C16H31N3O2. The lowest BCUT2D eigenvalue weighted by Gasteiger charge is -2.46. The van der Waals surface area contributed by atoms with Crippen molar-refractivity contribution in [2.45, 2.75) is 57.7 Å². The van der Waals surface area contributed by atoms with Gasteiger partial charge in [0.1, 0.15) is 6.04 Å². The van der Waals surface area contributed by atoms with Gasteiger partial charge in [-0.15, -0.1) is 0 Å². The highest BCUT2D eigenvalue weighted by atomic mass is 16.4. The predicted molar refractivity (Wildman–Crippen MR) is 84.5 cm³/mol. The highest BCUT2D eigenvalue weighted by Crippen LogP contribution is 2.29. The summed E-state index contributed by atoms with van der Waals surface area (Å²) in [5, 5.41) is 12.4. The number of likely N-dealkylation sites (tertiary alicyclic amines) is 2. The van der Waals surface area contributed by atoms with Crippen molar-refractivity contribution in [1.29, 1.82) is 0 Å². The van der Waals surface area contributed by atoms with Crippen LogP contribution in [-0.4, -0.2) is 72.2 Å². The zero-order valence-corrected chi connectivity index (χ0v) is 13.7. The zero-order chi connectivity index (χ0) is 15.4. The van der Waals surface area contributed by atoms with Crippen LogP contribution in [0.25, 0.3) is 0 Å². The molecule has 0 aromatic rings. The molecule has 0 bridgehead atoms. The van der Waals surface area contributed by atoms with Gasteiger partial charge in [0.2, 0.25) is 0 Å². The van der Waals surface area contributed by atoms with E-state index in [0.717, 1.165) is 31.6 Å². The van der Waals surface area contributed by atoms with Gasteiger partial charge in [0.25, 0.3) is 0 Å². The lowest BCUT2D eigenvalue weighted by Crippen LogP contribution is -2.53. The maximum absolute atomic E-state index is 11.3. The van der Waals surface area contributed by atoms with Gasteiger partial charge >= 0.3 is 5.97 Å². The van der Waals surface area contributed by atoms with Crippen LogP contribution in [0.5, 0.6) is 0 Å². The number of fused-ring (bicyclic) bond motifs is 1. The molecule has 2 aliphatic rings. The van der Waals surface area contributed by atoms with E-state index in [1.165, 1.54) is 25.8 Å². The largest absolute Gasteiger partial charge is 0.480 e. The summed E-state index contributed by atoms with van der Waals surface area (Å²) in [6.07, 6.45) is 4.56. The van der Waals surface area contributed by atoms with Crippen LogP contribution >= 0.6 is 0 Å². The Balaban J connectivity index is 1.80. The van der Waals surface area contributed by atoms with E-state index < -0.39 is 12.0 Å². The topological polar surface area (TPSA) is 55.8 Å². The van der Waals surface area contributed by atoms with E-state index in [9.17, 15) is 9.90 Å². The molecule has 3 atom stereocenters. The molecule has 2 N–H and O–H groups in total. The first-order valence-electron chi connectivity index (χ1n) is 8.39. The van der Waals surface area contributed by atoms with E-state index in [-0.39, 0.29) is 6.04 Å². The third-order valence-corrected chi connectivity index (χ3v) is 5.00. The normalized spacial score (nSPS) is 29.3. The number of carboxylic acids is 1. The second-order valence-corrected chi connectivity index (χ2v) is 7.04. The third kappa shape index (κ3) is 4.66. The lowest BCUT2D eigenvalue weighted by atomic mass is 9.84. The van der Waals surface area contributed by atoms with Gasteiger partial charge in [0, 0.05) is 25.2 Å². The molecular weight excluding hydrogens is 266 g/mol. The molecule has 5 heteroatoms. The standard InChI is InChI=1S/C16H31N3O2/c1-12(2)17-14(16(20)21)6-9-19-10-7-15-13(11-19)5-4-8-18(15)3/h12-15,17H,4-11H2,1-3H3,(H,20,21). The van der Waals surface area contributed by atoms with Crippen LogP contribution in [0.3, 0.4) is 0 Å². The van der Waals surface area contributed by atoms with Crippen molar-refractivity contribution in [2.75, 3.05) is 33.2 Å². The number of rotatable bonds is 6. The fourth-order valence-electron chi connectivity index (χ4n) is 3.92. The SMILES string of the molecule is CC(C)NC(CCN1CCC2C(CCCN2C)C1)C(=O)O. The number of carboxylic acid groups (broad SMARTS) is 1. The maximum Gasteiger partial charge on any atom is 0.320 e. The average Bonchev–Trinajstić information content (AvgIpc) is 2.43. The van der Waals surface area contributed by atoms with Crippen LogP contribution in [0.1, 0.15) is 39.5 Å². The van der Waals surface area contributed by atoms with Crippen LogP contribution in [0.15, 0.2) is 0 Å². The van der Waals surface area contributed by atoms with Crippen molar-refractivity contribution in [2.24, 2.45) is 5.92 Å². The van der Waals surface area contributed by atoms with Crippen LogP contribution in [-0.2, 0) is 4.79 Å². The second kappa shape index (κ2) is 7.56. The Morgan fingerprint density at radius 1 is 1.33 bits per heavy atom. The van der Waals surface area contributed by atoms with E-state index >= 15 is 0 Å². The number of carbonyl (C=O) groups is 1. The summed E-state index contributed by atoms with van der Waals surface area (Å²) < 4.78 is 0. The highest BCUT2D eigenvalue weighted by Gasteiger charge is 2.34. The minimum atomic E-state index is -0.726. The first kappa shape index (κ1) is 16.7. The molecule has 21 heavy (non-hydrogen) atoms. The summed E-state index contributed by atoms with van der Waals surface area (Å²) >= 11 is 0. The Hall–Kier alpha value is -0.650. The summed E-state index contributed by atoms with van der Waals surface area (Å²) in [6, 6.07) is 0.541. The minimum absolute atomic E-state index is 0.212. The fourth-order valence-corrected chi connectivity index (χ4v) is 3.92. The van der Waals surface area contributed by atoms with Crippen molar-refractivity contribution in [1.82, 2.24) is 15.1 Å². The smallest absolute Gasteiger partial charge is 0.320 e. The molecule has 2 saturated heterocycles. The molecule has 0 aromatic carbocycles. The molecule has 2 rings (SSSR count). The molecule has 5 nitrogen and oxygen atoms in total. The first-order valence-corrected chi connectivity index (χ1v) is 8.39. The Morgan fingerprint density at radius 2 is 2.10 bits per heavy atom. The van der Waals surface area contributed by atoms with Crippen molar-refractivity contribution < 1.29 is 9.90 Å². The molecule has 0 spiro atoms. The number of piperidine rings is 2. The van der Waals surface area contributed by atoms with Gasteiger partial charge in [-0.3, -0.25) is 4.79 Å². The Kier molecular flexibility index (Phi) is 6.02. The van der Waals surface area contributed by atoms with Crippen LogP contribution in [0, 0.1) is 5.92 Å². The number of hydrogen-bond acceptors (Lipinski definition) is 4. The van der Waals surface area contributed by atoms with Gasteiger partial charge < -0.3 is 20.2 Å². The summed E-state index contributed by atoms with van der Waals surface area (Å²) in [5.74, 6) is 0.0508. The quantitative estimate of drug-likeness (QED) is 0.772. The van der Waals surface area contributed by atoms with Crippen molar-refractivity contribution >= 4 is 5.97 Å². The molecule has 2 heterocycles. The van der Waals surface area contributed by atoms with Gasteiger partial charge in [0.15, 0.2) is 0 Å². The number of nitrogens with one attached hydrogen (secondary N) is 1. The molecule has 0 saturated carbocycles. The molecule has 3 unspecified atom stereocenters. The highest BCUT2D eigenvalue weighted by molar-refractivity contribution is 5.73. The fraction of sp³-hybridized carbons (Fsp3) is 0.938. The molecule has 0 radical (unpaired) electrons. The second-order valence-electron chi connectivity index (χ2n) is 7.04. The van der Waals surface area contributed by atoms with E-state index in [2.05, 4.69) is 22.2 Å². The van der Waals surface area contributed by atoms with E-state index in [4.69, 9.17) is 0 Å². The maximum atomic E-state index is 11.3. The summed E-state index contributed by atoms with van der Waals surface area (Å²) in [4.78, 5) is 16.3. The third-order valence-electron chi connectivity index (χ3n) is 5.00. The van der Waals surface area contributed by atoms with Crippen LogP contribution in [0.2, 0.25) is 0 Å². The number of aliphatic carboxylic acids is 1. The van der Waals surface area contributed by atoms with Gasteiger partial charge in [-0.05, 0) is 51.7 Å². The molecule has 0 amide bonds. The first-order chi connectivity index (χ1) is 9.97. The van der Waals surface area contributed by atoms with Gasteiger partial charge in [-0.2, -0.15) is 0 Å². The monoisotopic (exact) mass is 297 g/mol. The van der Waals surface area contributed by atoms with Crippen molar-refractivity contribution in [3.05, 3.63) is 0 Å². The average molecular weight is 297 g/mol. The molecule has 2 fully saturated rings. The number of nitrogens with zero attached hydrogens (tertiary/aromatic N) is 2. The Morgan fingerprint density at radius 3 is 2.76 bits per heavy atom. The molecule has 2 aliphatic heterocycles. The molecule has 0 aromatic heterocycles. The van der Waals surface area contributed by atoms with Crippen molar-refractivity contribution in [3.8, 4) is 0 Å². The summed E-state index contributed by atoms with van der Waals surface area (Å²) in [5.41, 5.74) is 0. The minimum Gasteiger partial charge on any atom is -0.480 e. The molecule has 0 aliphatic carbocycles. The van der Waals surface area contributed by atoms with Gasteiger partial charge in [-0.1, -0.05) is 13.8 Å². The van der Waals surface area contributed by atoms with E-state index in [1.54, 1.807) is 0 Å². The number of hydrogen-bond donors (Lipinski definition) is 2. The van der Waals surface area contributed by atoms with Crippen molar-refractivity contribution in [3.63, 3.8) is 0 Å². The summed E-state index contributed by atoms with van der Waals surface area (Å²) in [7, 11) is 2.25. The van der Waals surface area contributed by atoms with E-state index in [1.807, 2.05) is 13.8 Å². The summed E-state index contributed by atoms with van der Waals surface area (Å²) in [6.45, 7) is 8.38. The molecule has 122 valence electrons. The van der Waals surface area contributed by atoms with Gasteiger partial charge in [0.05, 0.1) is 0 Å². The van der Waals surface area contributed by atoms with Crippen LogP contribution < -0.4 is 5.32 Å². The zero-order valence-electron chi connectivity index (χ0n) is 13.7. The van der Waals surface area contributed by atoms with Crippen LogP contribution in [0.4, 0.5) is 0 Å². The lowest BCUT2D eigenvalue weighted by molar-refractivity contribution is -0.140. The van der Waals surface area contributed by atoms with Gasteiger partial charge in [-0.25, -0.2) is 0 Å². The Bertz CT molecular complexity index is 348. The van der Waals surface area contributed by atoms with E-state index in [0.29, 0.717) is 6.42 Å².